The number of unbranched alkanes of at least 4 members (excludes halogenated alkanes) is 2. The fourth-order valence-electron chi connectivity index (χ4n) is 4.03. The zero-order valence-corrected chi connectivity index (χ0v) is 19.7. The molecule has 3 aromatic rings. The van der Waals surface area contributed by atoms with Crippen molar-refractivity contribution in [2.24, 2.45) is 10.9 Å². The van der Waals surface area contributed by atoms with Crippen LogP contribution in [0.15, 0.2) is 40.3 Å². The number of methoxy groups -OCH3 is 1. The summed E-state index contributed by atoms with van der Waals surface area (Å²) in [6.45, 7) is 1.37. The fourth-order valence-corrected chi connectivity index (χ4v) is 4.03. The smallest absolute Gasteiger partial charge is 0.263 e. The number of aliphatic imine (C=N–C) groups is 1. The molecule has 10 nitrogen and oxygen atoms in total. The number of hydrogen-bond donors (Lipinski definition) is 1. The second-order valence-corrected chi connectivity index (χ2v) is 8.65. The molecule has 0 saturated carbocycles. The Hall–Kier alpha value is -3.60. The van der Waals surface area contributed by atoms with Crippen LogP contribution in [0.1, 0.15) is 54.7 Å². The Bertz CT molecular complexity index is 1160. The monoisotopic (exact) mass is 483 g/mol. The van der Waals surface area contributed by atoms with Gasteiger partial charge in [0.05, 0.1) is 31.4 Å². The number of nitrogens with zero attached hydrogens (tertiary/aromatic N) is 5. The molecule has 1 aliphatic heterocycles. The van der Waals surface area contributed by atoms with Crippen molar-refractivity contribution in [2.45, 2.75) is 38.1 Å². The highest BCUT2D eigenvalue weighted by Gasteiger charge is 2.25. The van der Waals surface area contributed by atoms with Crippen molar-refractivity contribution in [3.63, 3.8) is 0 Å². The van der Waals surface area contributed by atoms with Crippen molar-refractivity contribution in [1.82, 2.24) is 24.8 Å². The number of Topliss-reactive ketones (excluding diaryl/α,β-unsaturated/α-hetero) is 1. The van der Waals surface area contributed by atoms with Crippen LogP contribution in [0.5, 0.6) is 5.88 Å². The molecular formula is C24H28FN6O4-. The summed E-state index contributed by atoms with van der Waals surface area (Å²) in [5.41, 5.74) is 0.720. The van der Waals surface area contributed by atoms with Gasteiger partial charge in [0.25, 0.3) is 5.89 Å². The lowest BCUT2D eigenvalue weighted by molar-refractivity contribution is -0.229. The molecule has 35 heavy (non-hydrogen) atoms. The quantitative estimate of drug-likeness (QED) is 0.180. The summed E-state index contributed by atoms with van der Waals surface area (Å²) in [5.74, 6) is -0.0182. The maximum Gasteiger partial charge on any atom is 0.263 e. The van der Waals surface area contributed by atoms with Crippen molar-refractivity contribution in [3.05, 3.63) is 48.5 Å². The molecule has 4 heterocycles. The topological polar surface area (TPSA) is 133 Å². The van der Waals surface area contributed by atoms with Crippen LogP contribution in [0, 0.1) is 11.7 Å². The van der Waals surface area contributed by atoms with E-state index in [1.807, 2.05) is 7.05 Å². The summed E-state index contributed by atoms with van der Waals surface area (Å²) in [4.78, 5) is 33.8. The summed E-state index contributed by atoms with van der Waals surface area (Å²) >= 11 is 0. The lowest BCUT2D eigenvalue weighted by Crippen LogP contribution is -2.51. The SMILES string of the molecule is COc1cc(-c2cnc(C(CCCCCC(=O)c3ncco3)N=C([O-])C3CN(C)C3)[nH]2)c(F)cn1. The van der Waals surface area contributed by atoms with Gasteiger partial charge in [0.2, 0.25) is 11.7 Å². The zero-order valence-electron chi connectivity index (χ0n) is 19.7. The first kappa shape index (κ1) is 24.5. The fraction of sp³-hybridized carbons (Fsp3) is 0.458. The number of rotatable bonds is 12. The van der Waals surface area contributed by atoms with Crippen LogP contribution in [-0.4, -0.2) is 63.8 Å². The van der Waals surface area contributed by atoms with E-state index in [4.69, 9.17) is 9.15 Å². The number of nitrogens with one attached hydrogen (secondary N) is 1. The Kier molecular flexibility index (Phi) is 7.86. The van der Waals surface area contributed by atoms with Gasteiger partial charge in [0, 0.05) is 37.1 Å². The number of hydrogen-bond acceptors (Lipinski definition) is 9. The highest BCUT2D eigenvalue weighted by atomic mass is 19.1. The molecule has 0 aromatic carbocycles. The molecule has 0 bridgehead atoms. The second-order valence-electron chi connectivity index (χ2n) is 8.65. The molecule has 186 valence electrons. The van der Waals surface area contributed by atoms with Gasteiger partial charge in [0.15, 0.2) is 5.82 Å². The van der Waals surface area contributed by atoms with Crippen LogP contribution in [0.2, 0.25) is 0 Å². The molecule has 1 fully saturated rings. The van der Waals surface area contributed by atoms with Gasteiger partial charge in [-0.25, -0.2) is 19.3 Å². The molecule has 4 rings (SSSR count). The van der Waals surface area contributed by atoms with E-state index in [1.165, 1.54) is 31.8 Å². The molecule has 1 atom stereocenters. The number of H-pyrrole nitrogens is 1. The summed E-state index contributed by atoms with van der Waals surface area (Å²) < 4.78 is 24.5. The van der Waals surface area contributed by atoms with Gasteiger partial charge < -0.3 is 24.1 Å². The summed E-state index contributed by atoms with van der Waals surface area (Å²) in [6.07, 6.45) is 8.50. The molecule has 3 aromatic heterocycles. The Labute approximate surface area is 202 Å². The normalized spacial score (nSPS) is 15.7. The molecule has 0 aliphatic carbocycles. The lowest BCUT2D eigenvalue weighted by Gasteiger charge is -2.39. The van der Waals surface area contributed by atoms with E-state index in [1.54, 1.807) is 0 Å². The number of aromatic nitrogens is 4. The summed E-state index contributed by atoms with van der Waals surface area (Å²) in [5, 5.41) is 12.7. The van der Waals surface area contributed by atoms with Crippen LogP contribution in [0.25, 0.3) is 11.3 Å². The van der Waals surface area contributed by atoms with Gasteiger partial charge in [-0.1, -0.05) is 12.8 Å². The predicted molar refractivity (Wildman–Crippen MR) is 123 cm³/mol. The van der Waals surface area contributed by atoms with Crippen LogP contribution >= 0.6 is 0 Å². The Morgan fingerprint density at radius 2 is 2.14 bits per heavy atom. The van der Waals surface area contributed by atoms with Crippen LogP contribution < -0.4 is 9.84 Å². The third kappa shape index (κ3) is 6.10. The lowest BCUT2D eigenvalue weighted by atomic mass is 10.0. The number of ketones is 1. The van der Waals surface area contributed by atoms with Gasteiger partial charge in [-0.15, -0.1) is 0 Å². The number of likely N-dealkylation sites (tertiary alicyclic amines) is 1. The van der Waals surface area contributed by atoms with E-state index < -0.39 is 11.9 Å². The van der Waals surface area contributed by atoms with Gasteiger partial charge >= 0.3 is 0 Å². The van der Waals surface area contributed by atoms with Gasteiger partial charge in [-0.3, -0.25) is 9.79 Å². The van der Waals surface area contributed by atoms with E-state index in [0.29, 0.717) is 43.9 Å². The number of halogens is 1. The van der Waals surface area contributed by atoms with Crippen molar-refractivity contribution in [2.75, 3.05) is 27.2 Å². The van der Waals surface area contributed by atoms with E-state index in [-0.39, 0.29) is 34.9 Å². The molecule has 0 amide bonds. The minimum absolute atomic E-state index is 0.114. The third-order valence-electron chi connectivity index (χ3n) is 5.99. The highest BCUT2D eigenvalue weighted by molar-refractivity contribution is 5.91. The van der Waals surface area contributed by atoms with Crippen LogP contribution in [-0.2, 0) is 0 Å². The van der Waals surface area contributed by atoms with Crippen molar-refractivity contribution < 1.29 is 23.4 Å². The van der Waals surface area contributed by atoms with E-state index >= 15 is 0 Å². The molecule has 1 N–H and O–H groups in total. The first-order valence-corrected chi connectivity index (χ1v) is 11.6. The highest BCUT2D eigenvalue weighted by Crippen LogP contribution is 2.29. The number of imidazole rings is 1. The average molecular weight is 484 g/mol. The molecule has 1 unspecified atom stereocenters. The molecule has 0 spiro atoms. The minimum atomic E-state index is -0.515. The summed E-state index contributed by atoms with van der Waals surface area (Å²) in [7, 11) is 3.41. The minimum Gasteiger partial charge on any atom is -0.862 e. The van der Waals surface area contributed by atoms with E-state index in [0.717, 1.165) is 19.0 Å². The molecule has 1 saturated heterocycles. The molecule has 11 heteroatoms. The standard InChI is InChI=1S/C24H29FN6O4/c1-31-13-15(14-31)23(33)30-18(6-4-3-5-7-20(32)24-26-8-9-35-24)22-28-12-19(29-22)16-10-21(34-2)27-11-17(16)25/h8-12,15,18H,3-7,13-14H2,1-2H3,(H,28,29)(H,30,33)/p-1. The van der Waals surface area contributed by atoms with Gasteiger partial charge in [0.1, 0.15) is 18.1 Å². The third-order valence-corrected chi connectivity index (χ3v) is 5.99. The van der Waals surface area contributed by atoms with E-state index in [2.05, 4.69) is 29.8 Å². The van der Waals surface area contributed by atoms with Crippen LogP contribution in [0.4, 0.5) is 4.39 Å². The van der Waals surface area contributed by atoms with Crippen LogP contribution in [0.3, 0.4) is 0 Å². The largest absolute Gasteiger partial charge is 0.862 e. The first-order chi connectivity index (χ1) is 16.9. The number of pyridine rings is 1. The zero-order chi connectivity index (χ0) is 24.8. The molecule has 1 aliphatic rings. The number of oxazole rings is 1. The molecule has 0 radical (unpaired) electrons. The van der Waals surface area contributed by atoms with Gasteiger partial charge in [-0.2, -0.15) is 0 Å². The van der Waals surface area contributed by atoms with Crippen molar-refractivity contribution >= 4 is 11.7 Å². The average Bonchev–Trinajstić information content (AvgIpc) is 3.54. The summed E-state index contributed by atoms with van der Waals surface area (Å²) in [6, 6.07) is 0.996. The maximum absolute atomic E-state index is 14.4. The van der Waals surface area contributed by atoms with Crippen molar-refractivity contribution in [1.29, 1.82) is 0 Å². The number of ether oxygens (including phenoxy) is 1. The number of carbonyl (C=O) groups is 1. The Balaban J connectivity index is 1.43. The first-order valence-electron chi connectivity index (χ1n) is 11.6. The number of carbonyl (C=O) groups excluding carboxylic acids is 1. The Morgan fingerprint density at radius 1 is 1.31 bits per heavy atom. The van der Waals surface area contributed by atoms with E-state index in [9.17, 15) is 14.3 Å². The second kappa shape index (κ2) is 11.2. The maximum atomic E-state index is 14.4. The van der Waals surface area contributed by atoms with Crippen molar-refractivity contribution in [3.8, 4) is 17.1 Å². The molecular weight excluding hydrogens is 455 g/mol. The predicted octanol–water partition coefficient (Wildman–Crippen LogP) is 2.80. The number of aromatic amines is 1. The van der Waals surface area contributed by atoms with Gasteiger partial charge in [-0.05, 0) is 25.8 Å². The Morgan fingerprint density at radius 3 is 2.86 bits per heavy atom.